The van der Waals surface area contributed by atoms with E-state index in [1.807, 2.05) is 0 Å². The Bertz CT molecular complexity index is 2460. The minimum absolute atomic E-state index is 1.18. The Morgan fingerprint density at radius 1 is 0.333 bits per heavy atom. The van der Waals surface area contributed by atoms with Crippen LogP contribution in [-0.4, -0.2) is 9.13 Å². The zero-order valence-electron chi connectivity index (χ0n) is 22.9. The monoisotopic (exact) mass is 534 g/mol. The second-order valence-corrected chi connectivity index (χ2v) is 11.0. The molecule has 0 fully saturated rings. The lowest BCUT2D eigenvalue weighted by Gasteiger charge is -2.13. The number of para-hydroxylation sites is 4. The molecule has 0 unspecified atom stereocenters. The maximum atomic E-state index is 2.45. The van der Waals surface area contributed by atoms with E-state index in [1.165, 1.54) is 76.9 Å². The average molecular weight is 535 g/mol. The molecule has 0 aliphatic rings. The number of nitrogens with zero attached hydrogens (tertiary/aromatic N) is 2. The lowest BCUT2D eigenvalue weighted by Crippen LogP contribution is -1.96. The highest BCUT2D eigenvalue weighted by molar-refractivity contribution is 6.15. The number of aromatic nitrogens is 2. The molecule has 0 bridgehead atoms. The van der Waals surface area contributed by atoms with Gasteiger partial charge in [0.15, 0.2) is 0 Å². The van der Waals surface area contributed by atoms with Gasteiger partial charge in [-0.3, -0.25) is 0 Å². The van der Waals surface area contributed by atoms with E-state index >= 15 is 0 Å². The van der Waals surface area contributed by atoms with Gasteiger partial charge in [-0.1, -0.05) is 109 Å². The molecule has 9 rings (SSSR count). The molecule has 0 aliphatic carbocycles. The molecule has 0 atom stereocenters. The van der Waals surface area contributed by atoms with E-state index in [1.54, 1.807) is 0 Å². The van der Waals surface area contributed by atoms with Crippen molar-refractivity contribution < 1.29 is 0 Å². The summed E-state index contributed by atoms with van der Waals surface area (Å²) in [6, 6.07) is 57.3. The van der Waals surface area contributed by atoms with Crippen LogP contribution in [-0.2, 0) is 0 Å². The second kappa shape index (κ2) is 8.95. The van der Waals surface area contributed by atoms with Gasteiger partial charge < -0.3 is 9.13 Å². The topological polar surface area (TPSA) is 9.86 Å². The maximum absolute atomic E-state index is 2.45. The van der Waals surface area contributed by atoms with E-state index < -0.39 is 0 Å². The molecule has 42 heavy (non-hydrogen) atoms. The van der Waals surface area contributed by atoms with Crippen LogP contribution in [0.5, 0.6) is 0 Å². The van der Waals surface area contributed by atoms with Gasteiger partial charge in [0.1, 0.15) is 0 Å². The molecule has 0 N–H and O–H groups in total. The molecule has 2 heteroatoms. The Morgan fingerprint density at radius 2 is 0.976 bits per heavy atom. The van der Waals surface area contributed by atoms with Crippen LogP contribution in [0, 0.1) is 0 Å². The van der Waals surface area contributed by atoms with Gasteiger partial charge in [0, 0.05) is 38.5 Å². The van der Waals surface area contributed by atoms with Crippen LogP contribution in [0.4, 0.5) is 0 Å². The van der Waals surface area contributed by atoms with Crippen molar-refractivity contribution in [2.24, 2.45) is 0 Å². The zero-order chi connectivity index (χ0) is 27.6. The Kier molecular flexibility index (Phi) is 4.93. The Balaban J connectivity index is 1.36. The molecule has 0 aliphatic heterocycles. The van der Waals surface area contributed by atoms with Crippen molar-refractivity contribution >= 4 is 54.4 Å². The molecule has 0 amide bonds. The minimum atomic E-state index is 1.18. The van der Waals surface area contributed by atoms with Gasteiger partial charge in [-0.05, 0) is 64.9 Å². The van der Waals surface area contributed by atoms with Crippen molar-refractivity contribution in [2.75, 3.05) is 0 Å². The molecule has 2 aromatic heterocycles. The summed E-state index contributed by atoms with van der Waals surface area (Å²) >= 11 is 0. The predicted molar refractivity (Wildman–Crippen MR) is 178 cm³/mol. The van der Waals surface area contributed by atoms with Crippen molar-refractivity contribution in [3.8, 4) is 22.5 Å². The first-order valence-corrected chi connectivity index (χ1v) is 14.5. The number of fused-ring (bicyclic) bond motifs is 7. The molecule has 2 nitrogen and oxygen atoms in total. The normalized spacial score (nSPS) is 11.8. The summed E-state index contributed by atoms with van der Waals surface area (Å²) in [6.07, 6.45) is 0. The standard InChI is InChI=1S/C40H26N2/c1-2-13-30(14-3-1)41-37-19-8-7-16-34(37)36-26-29(22-24-39(36)41)32-17-10-18-35-33-15-6-9-20-38(33)42(40(32)35)31-23-21-27-11-4-5-12-28(27)25-31/h1-26H. The van der Waals surface area contributed by atoms with Crippen LogP contribution in [0.2, 0.25) is 0 Å². The molecular formula is C40H26N2. The predicted octanol–water partition coefficient (Wildman–Crippen LogP) is 10.7. The zero-order valence-corrected chi connectivity index (χ0v) is 22.9. The van der Waals surface area contributed by atoms with Crippen LogP contribution >= 0.6 is 0 Å². The van der Waals surface area contributed by atoms with Gasteiger partial charge in [-0.25, -0.2) is 0 Å². The number of rotatable bonds is 3. The third-order valence-corrected chi connectivity index (χ3v) is 8.68. The summed E-state index contributed by atoms with van der Waals surface area (Å²) in [7, 11) is 0. The highest BCUT2D eigenvalue weighted by Crippen LogP contribution is 2.41. The molecule has 0 spiro atoms. The minimum Gasteiger partial charge on any atom is -0.309 e. The van der Waals surface area contributed by atoms with Crippen molar-refractivity contribution in [1.29, 1.82) is 0 Å². The van der Waals surface area contributed by atoms with Gasteiger partial charge in [-0.15, -0.1) is 0 Å². The van der Waals surface area contributed by atoms with Crippen LogP contribution < -0.4 is 0 Å². The first-order valence-electron chi connectivity index (χ1n) is 14.5. The van der Waals surface area contributed by atoms with E-state index in [0.717, 1.165) is 0 Å². The first kappa shape index (κ1) is 23.1. The summed E-state index contributed by atoms with van der Waals surface area (Å²) in [6.45, 7) is 0. The van der Waals surface area contributed by atoms with Gasteiger partial charge in [0.05, 0.1) is 22.1 Å². The summed E-state index contributed by atoms with van der Waals surface area (Å²) < 4.78 is 4.82. The third kappa shape index (κ3) is 3.33. The lowest BCUT2D eigenvalue weighted by molar-refractivity contribution is 1.18. The van der Waals surface area contributed by atoms with E-state index in [9.17, 15) is 0 Å². The first-order chi connectivity index (χ1) is 20.8. The summed E-state index contributed by atoms with van der Waals surface area (Å²) in [5, 5.41) is 7.56. The number of hydrogen-bond donors (Lipinski definition) is 0. The molecule has 7 aromatic carbocycles. The fourth-order valence-electron chi connectivity index (χ4n) is 6.83. The van der Waals surface area contributed by atoms with Crippen molar-refractivity contribution in [3.05, 3.63) is 158 Å². The van der Waals surface area contributed by atoms with E-state index in [2.05, 4.69) is 167 Å². The summed E-state index contributed by atoms with van der Waals surface area (Å²) in [5.74, 6) is 0. The molecule has 0 radical (unpaired) electrons. The van der Waals surface area contributed by atoms with Gasteiger partial charge in [0.25, 0.3) is 0 Å². The Labute approximate surface area is 243 Å². The van der Waals surface area contributed by atoms with E-state index in [4.69, 9.17) is 0 Å². The Hall–Kier alpha value is -5.60. The van der Waals surface area contributed by atoms with Crippen molar-refractivity contribution in [1.82, 2.24) is 9.13 Å². The fraction of sp³-hybridized carbons (Fsp3) is 0. The van der Waals surface area contributed by atoms with Crippen LogP contribution in [0.15, 0.2) is 158 Å². The molecule has 2 heterocycles. The molecule has 9 aromatic rings. The lowest BCUT2D eigenvalue weighted by atomic mass is 9.99. The molecular weight excluding hydrogens is 508 g/mol. The molecule has 0 saturated heterocycles. The van der Waals surface area contributed by atoms with Gasteiger partial charge in [0.2, 0.25) is 0 Å². The number of hydrogen-bond acceptors (Lipinski definition) is 0. The molecule has 196 valence electrons. The smallest absolute Gasteiger partial charge is 0.0619 e. The average Bonchev–Trinajstić information content (AvgIpc) is 3.58. The Morgan fingerprint density at radius 3 is 1.81 bits per heavy atom. The van der Waals surface area contributed by atoms with E-state index in [-0.39, 0.29) is 0 Å². The summed E-state index contributed by atoms with van der Waals surface area (Å²) in [5.41, 5.74) is 9.69. The van der Waals surface area contributed by atoms with Gasteiger partial charge >= 0.3 is 0 Å². The SMILES string of the molecule is c1ccc(-n2c3ccccc3c3cc(-c4cccc5c6ccccc6n(-c6ccc7ccccc7c6)c45)ccc32)cc1. The largest absolute Gasteiger partial charge is 0.309 e. The maximum Gasteiger partial charge on any atom is 0.0619 e. The number of benzene rings is 7. The third-order valence-electron chi connectivity index (χ3n) is 8.68. The highest BCUT2D eigenvalue weighted by atomic mass is 15.0. The van der Waals surface area contributed by atoms with Crippen molar-refractivity contribution in [2.45, 2.75) is 0 Å². The van der Waals surface area contributed by atoms with E-state index in [0.29, 0.717) is 0 Å². The summed E-state index contributed by atoms with van der Waals surface area (Å²) in [4.78, 5) is 0. The molecule has 0 saturated carbocycles. The van der Waals surface area contributed by atoms with Crippen LogP contribution in [0.1, 0.15) is 0 Å². The quantitative estimate of drug-likeness (QED) is 0.213. The second-order valence-electron chi connectivity index (χ2n) is 11.0. The highest BCUT2D eigenvalue weighted by Gasteiger charge is 2.18. The van der Waals surface area contributed by atoms with Crippen LogP contribution in [0.25, 0.3) is 76.9 Å². The fourth-order valence-corrected chi connectivity index (χ4v) is 6.83. The van der Waals surface area contributed by atoms with Gasteiger partial charge in [-0.2, -0.15) is 0 Å². The van der Waals surface area contributed by atoms with Crippen LogP contribution in [0.3, 0.4) is 0 Å². The van der Waals surface area contributed by atoms with Crippen molar-refractivity contribution in [3.63, 3.8) is 0 Å².